The van der Waals surface area contributed by atoms with Crippen molar-refractivity contribution in [2.24, 2.45) is 22.7 Å². The molecule has 2 nitrogen and oxygen atoms in total. The third-order valence-electron chi connectivity index (χ3n) is 7.63. The molecule has 0 N–H and O–H groups in total. The molecule has 2 aliphatic carbocycles. The van der Waals surface area contributed by atoms with Crippen molar-refractivity contribution in [3.05, 3.63) is 35.9 Å². The summed E-state index contributed by atoms with van der Waals surface area (Å²) in [6.45, 7) is 11.9. The number of hydrogen-bond donors (Lipinski definition) is 0. The fourth-order valence-corrected chi connectivity index (χ4v) is 5.70. The summed E-state index contributed by atoms with van der Waals surface area (Å²) in [7, 11) is 3.50. The van der Waals surface area contributed by atoms with Crippen molar-refractivity contribution in [1.29, 1.82) is 0 Å². The number of benzene rings is 1. The molecular formula is C23H34O2. The lowest BCUT2D eigenvalue weighted by atomic mass is 9.46. The van der Waals surface area contributed by atoms with Gasteiger partial charge >= 0.3 is 0 Å². The summed E-state index contributed by atoms with van der Waals surface area (Å²) in [5.74, 6) is 3.29. The molecular weight excluding hydrogens is 308 g/mol. The normalized spacial score (nSPS) is 35.2. The van der Waals surface area contributed by atoms with Gasteiger partial charge in [0.2, 0.25) is 0 Å². The fraction of sp³-hybridized carbons (Fsp3) is 0.652. The topological polar surface area (TPSA) is 18.5 Å². The molecule has 2 heteroatoms. The zero-order valence-corrected chi connectivity index (χ0v) is 16.7. The first-order valence-electron chi connectivity index (χ1n) is 9.74. The maximum Gasteiger partial charge on any atom is 0.122 e. The van der Waals surface area contributed by atoms with E-state index >= 15 is 0 Å². The SMILES string of the molecule is C=C1CCC[C@@H]2[C@@](C)(Cc3cc(OC)ccc3OC)[C@H](C)CC[C@]12C. The summed E-state index contributed by atoms with van der Waals surface area (Å²) in [6.07, 6.45) is 7.44. The van der Waals surface area contributed by atoms with E-state index in [0.29, 0.717) is 17.3 Å². The Bertz CT molecular complexity index is 649. The van der Waals surface area contributed by atoms with Crippen LogP contribution in [0, 0.1) is 22.7 Å². The lowest BCUT2D eigenvalue weighted by Crippen LogP contribution is -2.51. The van der Waals surface area contributed by atoms with E-state index in [1.165, 1.54) is 43.2 Å². The minimum Gasteiger partial charge on any atom is -0.497 e. The largest absolute Gasteiger partial charge is 0.497 e. The first kappa shape index (κ1) is 18.4. The predicted octanol–water partition coefficient (Wildman–Crippen LogP) is 6.05. The van der Waals surface area contributed by atoms with E-state index in [0.717, 1.165) is 17.9 Å². The molecule has 0 bridgehead atoms. The average Bonchev–Trinajstić information content (AvgIpc) is 2.60. The van der Waals surface area contributed by atoms with Gasteiger partial charge < -0.3 is 9.47 Å². The van der Waals surface area contributed by atoms with Crippen LogP contribution in [0.1, 0.15) is 58.4 Å². The molecule has 2 aliphatic rings. The minimum atomic E-state index is 0.260. The van der Waals surface area contributed by atoms with Crippen molar-refractivity contribution in [3.63, 3.8) is 0 Å². The smallest absolute Gasteiger partial charge is 0.122 e. The van der Waals surface area contributed by atoms with Gasteiger partial charge in [-0.25, -0.2) is 0 Å². The standard InChI is InChI=1S/C23H34O2/c1-16-8-7-9-21-22(16,3)13-12-17(2)23(21,4)15-18-14-19(24-5)10-11-20(18)25-6/h10-11,14,17,21H,1,7-9,12-13,15H2,2-6H3/t17-,21+,22-,23+/m1/s1. The third kappa shape index (κ3) is 2.98. The van der Waals surface area contributed by atoms with Crippen LogP contribution in [0.5, 0.6) is 11.5 Å². The second kappa shape index (κ2) is 6.70. The van der Waals surface area contributed by atoms with Crippen molar-refractivity contribution in [2.45, 2.75) is 59.3 Å². The van der Waals surface area contributed by atoms with Crippen molar-refractivity contribution in [2.75, 3.05) is 14.2 Å². The highest BCUT2D eigenvalue weighted by atomic mass is 16.5. The van der Waals surface area contributed by atoms with Crippen LogP contribution in [0.15, 0.2) is 30.4 Å². The molecule has 0 amide bonds. The van der Waals surface area contributed by atoms with E-state index in [1.54, 1.807) is 14.2 Å². The van der Waals surface area contributed by atoms with E-state index in [4.69, 9.17) is 9.47 Å². The Kier molecular flexibility index (Phi) is 4.92. The predicted molar refractivity (Wildman–Crippen MR) is 104 cm³/mol. The molecule has 0 radical (unpaired) electrons. The number of hydrogen-bond acceptors (Lipinski definition) is 2. The lowest BCUT2D eigenvalue weighted by Gasteiger charge is -2.59. The van der Waals surface area contributed by atoms with Crippen LogP contribution in [-0.4, -0.2) is 14.2 Å². The van der Waals surface area contributed by atoms with Gasteiger partial charge in [-0.2, -0.15) is 0 Å². The summed E-state index contributed by atoms with van der Waals surface area (Å²) in [5, 5.41) is 0. The highest BCUT2D eigenvalue weighted by Crippen LogP contribution is 2.62. The zero-order chi connectivity index (χ0) is 18.2. The first-order valence-corrected chi connectivity index (χ1v) is 9.74. The Balaban J connectivity index is 2.00. The molecule has 4 atom stereocenters. The van der Waals surface area contributed by atoms with Crippen molar-refractivity contribution >= 4 is 0 Å². The molecule has 1 aromatic rings. The van der Waals surface area contributed by atoms with E-state index in [-0.39, 0.29) is 5.41 Å². The summed E-state index contributed by atoms with van der Waals surface area (Å²) >= 11 is 0. The Labute approximate surface area is 153 Å². The molecule has 2 fully saturated rings. The molecule has 0 aliphatic heterocycles. The summed E-state index contributed by atoms with van der Waals surface area (Å²) in [5.41, 5.74) is 3.32. The van der Waals surface area contributed by atoms with E-state index in [2.05, 4.69) is 33.4 Å². The summed E-state index contributed by atoms with van der Waals surface area (Å²) in [4.78, 5) is 0. The number of ether oxygens (including phenoxy) is 2. The highest BCUT2D eigenvalue weighted by Gasteiger charge is 2.53. The average molecular weight is 343 g/mol. The third-order valence-corrected chi connectivity index (χ3v) is 7.63. The van der Waals surface area contributed by atoms with Crippen molar-refractivity contribution in [3.8, 4) is 11.5 Å². The second-order valence-corrected chi connectivity index (χ2v) is 8.77. The lowest BCUT2D eigenvalue weighted by molar-refractivity contribution is -0.0491. The Hall–Kier alpha value is -1.44. The Morgan fingerprint density at radius 2 is 1.92 bits per heavy atom. The molecule has 0 unspecified atom stereocenters. The van der Waals surface area contributed by atoms with Gasteiger partial charge in [0.05, 0.1) is 14.2 Å². The van der Waals surface area contributed by atoms with Crippen LogP contribution >= 0.6 is 0 Å². The molecule has 0 heterocycles. The molecule has 138 valence electrons. The number of allylic oxidation sites excluding steroid dienone is 1. The van der Waals surface area contributed by atoms with Gasteiger partial charge in [-0.1, -0.05) is 32.9 Å². The molecule has 3 rings (SSSR count). The van der Waals surface area contributed by atoms with Crippen molar-refractivity contribution in [1.82, 2.24) is 0 Å². The van der Waals surface area contributed by atoms with E-state index in [9.17, 15) is 0 Å². The van der Waals surface area contributed by atoms with Gasteiger partial charge in [-0.05, 0) is 85.0 Å². The van der Waals surface area contributed by atoms with Gasteiger partial charge in [0.15, 0.2) is 0 Å². The zero-order valence-electron chi connectivity index (χ0n) is 16.7. The maximum atomic E-state index is 5.68. The van der Waals surface area contributed by atoms with Crippen LogP contribution in [0.25, 0.3) is 0 Å². The van der Waals surface area contributed by atoms with Gasteiger partial charge in [0.1, 0.15) is 11.5 Å². The van der Waals surface area contributed by atoms with E-state index in [1.807, 2.05) is 12.1 Å². The maximum absolute atomic E-state index is 5.68. The fourth-order valence-electron chi connectivity index (χ4n) is 5.70. The van der Waals surface area contributed by atoms with Gasteiger partial charge in [-0.3, -0.25) is 0 Å². The quantitative estimate of drug-likeness (QED) is 0.621. The van der Waals surface area contributed by atoms with Crippen LogP contribution in [0.3, 0.4) is 0 Å². The van der Waals surface area contributed by atoms with Crippen molar-refractivity contribution < 1.29 is 9.47 Å². The number of fused-ring (bicyclic) bond motifs is 1. The van der Waals surface area contributed by atoms with Gasteiger partial charge in [-0.15, -0.1) is 0 Å². The highest BCUT2D eigenvalue weighted by molar-refractivity contribution is 5.41. The molecule has 2 saturated carbocycles. The second-order valence-electron chi connectivity index (χ2n) is 8.77. The van der Waals surface area contributed by atoms with Crippen LogP contribution in [-0.2, 0) is 6.42 Å². The summed E-state index contributed by atoms with van der Waals surface area (Å²) in [6, 6.07) is 6.20. The Morgan fingerprint density at radius 3 is 2.60 bits per heavy atom. The monoisotopic (exact) mass is 342 g/mol. The summed E-state index contributed by atoms with van der Waals surface area (Å²) < 4.78 is 11.2. The molecule has 0 saturated heterocycles. The first-order chi connectivity index (χ1) is 11.8. The van der Waals surface area contributed by atoms with Crippen LogP contribution in [0.2, 0.25) is 0 Å². The Morgan fingerprint density at radius 1 is 1.16 bits per heavy atom. The molecule has 25 heavy (non-hydrogen) atoms. The van der Waals surface area contributed by atoms with Gasteiger partial charge in [0, 0.05) is 0 Å². The molecule has 0 spiro atoms. The van der Waals surface area contributed by atoms with Crippen LogP contribution < -0.4 is 9.47 Å². The molecule has 0 aromatic heterocycles. The van der Waals surface area contributed by atoms with Crippen LogP contribution in [0.4, 0.5) is 0 Å². The van der Waals surface area contributed by atoms with Gasteiger partial charge in [0.25, 0.3) is 0 Å². The molecule has 1 aromatic carbocycles. The number of methoxy groups -OCH3 is 2. The van der Waals surface area contributed by atoms with E-state index < -0.39 is 0 Å². The minimum absolute atomic E-state index is 0.260. The number of rotatable bonds is 4.